The van der Waals surface area contributed by atoms with Crippen LogP contribution in [-0.4, -0.2) is 5.78 Å². The quantitative estimate of drug-likeness (QED) is 0.433. The highest BCUT2D eigenvalue weighted by molar-refractivity contribution is 5.97. The molecule has 1 rings (SSSR count). The first-order valence-corrected chi connectivity index (χ1v) is 3.72. The Morgan fingerprint density at radius 3 is 2.07 bits per heavy atom. The van der Waals surface area contributed by atoms with Crippen LogP contribution >= 0.6 is 0 Å². The van der Waals surface area contributed by atoms with Crippen molar-refractivity contribution in [1.29, 1.82) is 5.26 Å². The van der Waals surface area contributed by atoms with Gasteiger partial charge in [0.15, 0.2) is 29.1 Å². The zero-order valence-electron chi connectivity index (χ0n) is 7.15. The van der Waals surface area contributed by atoms with Gasteiger partial charge in [0.2, 0.25) is 0 Å². The summed E-state index contributed by atoms with van der Waals surface area (Å²) in [5, 5.41) is 8.12. The molecule has 0 N–H and O–H groups in total. The molecule has 0 heterocycles. The van der Waals surface area contributed by atoms with Gasteiger partial charge in [0.25, 0.3) is 0 Å². The van der Waals surface area contributed by atoms with Crippen LogP contribution in [0.15, 0.2) is 6.07 Å². The Labute approximate surface area is 81.7 Å². The van der Waals surface area contributed by atoms with Crippen LogP contribution in [0.3, 0.4) is 0 Å². The van der Waals surface area contributed by atoms with Gasteiger partial charge in [-0.1, -0.05) is 0 Å². The summed E-state index contributed by atoms with van der Waals surface area (Å²) in [6.45, 7) is 0. The molecule has 0 aliphatic heterocycles. The summed E-state index contributed by atoms with van der Waals surface area (Å²) in [4.78, 5) is 11.0. The van der Waals surface area contributed by atoms with E-state index in [4.69, 9.17) is 5.26 Å². The molecule has 1 aromatic rings. The van der Waals surface area contributed by atoms with E-state index in [-0.39, 0.29) is 6.07 Å². The zero-order chi connectivity index (χ0) is 11.6. The number of benzene rings is 1. The van der Waals surface area contributed by atoms with E-state index in [1.807, 2.05) is 0 Å². The van der Waals surface area contributed by atoms with Crippen molar-refractivity contribution in [3.05, 3.63) is 34.9 Å². The van der Waals surface area contributed by atoms with Crippen LogP contribution in [0.2, 0.25) is 0 Å². The molecule has 0 atom stereocenters. The molecule has 6 heteroatoms. The fraction of sp³-hybridized carbons (Fsp3) is 0.111. The maximum atomic E-state index is 12.9. The van der Waals surface area contributed by atoms with Crippen molar-refractivity contribution < 1.29 is 22.4 Å². The summed E-state index contributed by atoms with van der Waals surface area (Å²) < 4.78 is 51.0. The number of Topliss-reactive ketones (excluding diaryl/α,β-unsaturated/α-hetero) is 1. The van der Waals surface area contributed by atoms with Crippen molar-refractivity contribution in [2.75, 3.05) is 0 Å². The maximum absolute atomic E-state index is 12.9. The van der Waals surface area contributed by atoms with Crippen molar-refractivity contribution in [1.82, 2.24) is 0 Å². The van der Waals surface area contributed by atoms with Crippen molar-refractivity contribution >= 4 is 5.78 Å². The monoisotopic (exact) mass is 217 g/mol. The Morgan fingerprint density at radius 2 is 1.67 bits per heavy atom. The lowest BCUT2D eigenvalue weighted by Gasteiger charge is -2.03. The summed E-state index contributed by atoms with van der Waals surface area (Å²) in [6.07, 6.45) is -0.850. The van der Waals surface area contributed by atoms with E-state index in [2.05, 4.69) is 0 Å². The molecule has 2 nitrogen and oxygen atoms in total. The molecule has 15 heavy (non-hydrogen) atoms. The van der Waals surface area contributed by atoms with Gasteiger partial charge in [0, 0.05) is 6.07 Å². The molecule has 0 aliphatic carbocycles. The number of rotatable bonds is 2. The van der Waals surface area contributed by atoms with E-state index in [0.717, 1.165) is 0 Å². The van der Waals surface area contributed by atoms with E-state index in [0.29, 0.717) is 0 Å². The lowest BCUT2D eigenvalue weighted by molar-refractivity contribution is 0.0987. The molecule has 0 fully saturated rings. The van der Waals surface area contributed by atoms with Gasteiger partial charge in [-0.25, -0.2) is 17.6 Å². The van der Waals surface area contributed by atoms with Crippen molar-refractivity contribution in [3.8, 4) is 6.07 Å². The molecule has 0 aromatic heterocycles. The third-order valence-corrected chi connectivity index (χ3v) is 1.63. The number of carbonyl (C=O) groups excluding carboxylic acids is 1. The van der Waals surface area contributed by atoms with Gasteiger partial charge in [-0.05, 0) is 0 Å². The SMILES string of the molecule is N#CCC(=O)c1c(F)c(F)cc(F)c1F. The third-order valence-electron chi connectivity index (χ3n) is 1.63. The van der Waals surface area contributed by atoms with Gasteiger partial charge in [-0.2, -0.15) is 5.26 Å². The first-order valence-electron chi connectivity index (χ1n) is 3.72. The van der Waals surface area contributed by atoms with Gasteiger partial charge in [-0.3, -0.25) is 4.79 Å². The largest absolute Gasteiger partial charge is 0.293 e. The van der Waals surface area contributed by atoms with E-state index >= 15 is 0 Å². The van der Waals surface area contributed by atoms with Gasteiger partial charge in [0.1, 0.15) is 0 Å². The standard InChI is InChI=1S/C9H3F4NO/c10-4-3-5(11)9(13)7(8(4)12)6(15)1-2-14/h3H,1H2. The van der Waals surface area contributed by atoms with Crippen LogP contribution in [0.1, 0.15) is 16.8 Å². The van der Waals surface area contributed by atoms with E-state index in [1.165, 1.54) is 6.07 Å². The van der Waals surface area contributed by atoms with Crippen LogP contribution < -0.4 is 0 Å². The highest BCUT2D eigenvalue weighted by Gasteiger charge is 2.24. The zero-order valence-corrected chi connectivity index (χ0v) is 7.15. The minimum absolute atomic E-state index is 0.00613. The fourth-order valence-corrected chi connectivity index (χ4v) is 0.978. The first-order chi connectivity index (χ1) is 6.99. The second kappa shape index (κ2) is 4.09. The summed E-state index contributed by atoms with van der Waals surface area (Å²) in [5.74, 6) is -8.21. The van der Waals surface area contributed by atoms with Gasteiger partial charge in [0.05, 0.1) is 18.1 Å². The molecular weight excluding hydrogens is 214 g/mol. The molecule has 1 aromatic carbocycles. The van der Waals surface area contributed by atoms with Crippen molar-refractivity contribution in [2.24, 2.45) is 0 Å². The molecule has 0 bridgehead atoms. The number of hydrogen-bond donors (Lipinski definition) is 0. The smallest absolute Gasteiger partial charge is 0.183 e. The average Bonchev–Trinajstić information content (AvgIpc) is 2.16. The van der Waals surface area contributed by atoms with E-state index in [9.17, 15) is 22.4 Å². The van der Waals surface area contributed by atoms with Gasteiger partial charge < -0.3 is 0 Å². The number of halogens is 4. The second-order valence-corrected chi connectivity index (χ2v) is 2.60. The normalized spacial score (nSPS) is 9.80. The molecule has 0 aliphatic rings. The third kappa shape index (κ3) is 1.96. The Kier molecular flexibility index (Phi) is 3.04. The predicted molar refractivity (Wildman–Crippen MR) is 40.8 cm³/mol. The number of nitriles is 1. The minimum Gasteiger partial charge on any atom is -0.293 e. The van der Waals surface area contributed by atoms with Crippen LogP contribution in [0.4, 0.5) is 17.6 Å². The Hall–Kier alpha value is -1.90. The maximum Gasteiger partial charge on any atom is 0.183 e. The topological polar surface area (TPSA) is 40.9 Å². The van der Waals surface area contributed by atoms with E-state index in [1.54, 1.807) is 0 Å². The van der Waals surface area contributed by atoms with Crippen LogP contribution in [-0.2, 0) is 0 Å². The van der Waals surface area contributed by atoms with Crippen molar-refractivity contribution in [2.45, 2.75) is 6.42 Å². The minimum atomic E-state index is -1.78. The number of hydrogen-bond acceptors (Lipinski definition) is 2. The van der Waals surface area contributed by atoms with E-state index < -0.39 is 41.0 Å². The number of ketones is 1. The predicted octanol–water partition coefficient (Wildman–Crippen LogP) is 2.34. The summed E-state index contributed by atoms with van der Waals surface area (Å²) in [7, 11) is 0. The summed E-state index contributed by atoms with van der Waals surface area (Å²) in [6, 6.07) is 1.33. The number of carbonyl (C=O) groups is 1. The molecule has 0 amide bonds. The van der Waals surface area contributed by atoms with Gasteiger partial charge >= 0.3 is 0 Å². The van der Waals surface area contributed by atoms with Crippen LogP contribution in [0.25, 0.3) is 0 Å². The van der Waals surface area contributed by atoms with Crippen molar-refractivity contribution in [3.63, 3.8) is 0 Å². The molecule has 0 spiro atoms. The summed E-state index contributed by atoms with van der Waals surface area (Å²) in [5.41, 5.74) is -1.35. The fourth-order valence-electron chi connectivity index (χ4n) is 0.978. The molecule has 0 saturated carbocycles. The molecular formula is C9H3F4NO. The lowest BCUT2D eigenvalue weighted by Crippen LogP contribution is -2.09. The first kappa shape index (κ1) is 11.2. The molecule has 0 radical (unpaired) electrons. The van der Waals surface area contributed by atoms with Gasteiger partial charge in [-0.15, -0.1) is 0 Å². The highest BCUT2D eigenvalue weighted by atomic mass is 19.2. The average molecular weight is 217 g/mol. The highest BCUT2D eigenvalue weighted by Crippen LogP contribution is 2.20. The summed E-state index contributed by atoms with van der Waals surface area (Å²) >= 11 is 0. The molecule has 0 unspecified atom stereocenters. The lowest BCUT2D eigenvalue weighted by atomic mass is 10.1. The number of nitrogens with zero attached hydrogens (tertiary/aromatic N) is 1. The molecule has 78 valence electrons. The Balaban J connectivity index is 3.40. The Bertz CT molecular complexity index is 438. The second-order valence-electron chi connectivity index (χ2n) is 2.60. The van der Waals surface area contributed by atoms with Crippen LogP contribution in [0.5, 0.6) is 0 Å². The Morgan fingerprint density at radius 1 is 1.20 bits per heavy atom. The molecule has 0 saturated heterocycles. The van der Waals surface area contributed by atoms with Crippen LogP contribution in [0, 0.1) is 34.6 Å².